The Balaban J connectivity index is 2.94. The highest BCUT2D eigenvalue weighted by Crippen LogP contribution is 2.12. The quantitative estimate of drug-likeness (QED) is 0.616. The minimum Gasteiger partial charge on any atom is -0.395 e. The van der Waals surface area contributed by atoms with Gasteiger partial charge in [-0.15, -0.1) is 0 Å². The Hall–Kier alpha value is -0.730. The Labute approximate surface area is 97.9 Å². The van der Waals surface area contributed by atoms with Gasteiger partial charge in [-0.05, 0) is 12.1 Å². The lowest BCUT2D eigenvalue weighted by Gasteiger charge is -2.13. The molecular formula is C8H11ClN2O4S. The van der Waals surface area contributed by atoms with E-state index in [4.69, 9.17) is 21.8 Å². The molecule has 8 heteroatoms. The van der Waals surface area contributed by atoms with E-state index in [-0.39, 0.29) is 10.0 Å². The first-order valence-corrected chi connectivity index (χ1v) is 6.21. The molecule has 0 spiro atoms. The molecule has 3 N–H and O–H groups in total. The number of hydrogen-bond acceptors (Lipinski definition) is 5. The monoisotopic (exact) mass is 266 g/mol. The topological polar surface area (TPSA) is 99.5 Å². The van der Waals surface area contributed by atoms with Crippen LogP contribution in [0, 0.1) is 0 Å². The molecule has 1 aromatic heterocycles. The van der Waals surface area contributed by atoms with Gasteiger partial charge in [0.2, 0.25) is 10.0 Å². The maximum absolute atomic E-state index is 11.7. The van der Waals surface area contributed by atoms with E-state index in [1.54, 1.807) is 0 Å². The molecule has 6 nitrogen and oxygen atoms in total. The first kappa shape index (κ1) is 13.3. The largest absolute Gasteiger partial charge is 0.395 e. The molecule has 0 atom stereocenters. The Bertz CT molecular complexity index is 447. The van der Waals surface area contributed by atoms with Crippen LogP contribution < -0.4 is 4.72 Å². The molecule has 1 aromatic rings. The summed E-state index contributed by atoms with van der Waals surface area (Å²) in [5, 5.41) is 17.6. The van der Waals surface area contributed by atoms with Crippen LogP contribution >= 0.6 is 11.6 Å². The van der Waals surface area contributed by atoms with Crippen LogP contribution in [0.3, 0.4) is 0 Å². The van der Waals surface area contributed by atoms with Crippen LogP contribution in [0.5, 0.6) is 0 Å². The minimum absolute atomic E-state index is 0.0485. The average molecular weight is 267 g/mol. The zero-order valence-corrected chi connectivity index (χ0v) is 9.74. The number of rotatable bonds is 5. The summed E-state index contributed by atoms with van der Waals surface area (Å²) in [5.74, 6) is 0. The zero-order chi connectivity index (χ0) is 12.2. The van der Waals surface area contributed by atoms with Crippen molar-refractivity contribution in [2.45, 2.75) is 10.9 Å². The molecule has 0 fully saturated rings. The number of halogens is 1. The summed E-state index contributed by atoms with van der Waals surface area (Å²) in [6.07, 6.45) is 1.25. The van der Waals surface area contributed by atoms with E-state index in [1.165, 1.54) is 18.3 Å². The SMILES string of the molecule is O=S(=O)(NC(CO)CO)c1ccnc(Cl)c1. The van der Waals surface area contributed by atoms with Crippen molar-refractivity contribution >= 4 is 21.6 Å². The molecule has 16 heavy (non-hydrogen) atoms. The van der Waals surface area contributed by atoms with Crippen molar-refractivity contribution in [2.24, 2.45) is 0 Å². The van der Waals surface area contributed by atoms with Crippen LogP contribution in [0.2, 0.25) is 5.15 Å². The van der Waals surface area contributed by atoms with Crippen LogP contribution in [0.25, 0.3) is 0 Å². The second kappa shape index (κ2) is 5.55. The molecule has 0 aliphatic carbocycles. The summed E-state index contributed by atoms with van der Waals surface area (Å²) in [6, 6.07) is 1.51. The highest BCUT2D eigenvalue weighted by Gasteiger charge is 2.19. The van der Waals surface area contributed by atoms with Gasteiger partial charge in [0, 0.05) is 6.20 Å². The molecule has 0 aromatic carbocycles. The zero-order valence-electron chi connectivity index (χ0n) is 8.17. The van der Waals surface area contributed by atoms with Gasteiger partial charge in [-0.2, -0.15) is 0 Å². The third-order valence-electron chi connectivity index (χ3n) is 1.77. The molecule has 0 aliphatic heterocycles. The smallest absolute Gasteiger partial charge is 0.241 e. The third-order valence-corrected chi connectivity index (χ3v) is 3.50. The van der Waals surface area contributed by atoms with E-state index >= 15 is 0 Å². The first-order chi connectivity index (χ1) is 7.49. The summed E-state index contributed by atoms with van der Waals surface area (Å²) in [7, 11) is -3.80. The predicted molar refractivity (Wildman–Crippen MR) is 57.5 cm³/mol. The van der Waals surface area contributed by atoms with Crippen molar-refractivity contribution < 1.29 is 18.6 Å². The molecule has 0 saturated heterocycles. The van der Waals surface area contributed by atoms with Crippen LogP contribution in [0.1, 0.15) is 0 Å². The number of sulfonamides is 1. The predicted octanol–water partition coefficient (Wildman–Crippen LogP) is -0.634. The number of aliphatic hydroxyl groups excluding tert-OH is 2. The molecule has 0 aliphatic rings. The van der Waals surface area contributed by atoms with E-state index < -0.39 is 29.3 Å². The van der Waals surface area contributed by atoms with Crippen molar-refractivity contribution in [3.05, 3.63) is 23.5 Å². The van der Waals surface area contributed by atoms with Crippen LogP contribution in [0.4, 0.5) is 0 Å². The lowest BCUT2D eigenvalue weighted by molar-refractivity contribution is 0.185. The number of aliphatic hydroxyl groups is 2. The van der Waals surface area contributed by atoms with Gasteiger partial charge in [-0.1, -0.05) is 11.6 Å². The van der Waals surface area contributed by atoms with Gasteiger partial charge in [0.05, 0.1) is 24.2 Å². The lowest BCUT2D eigenvalue weighted by Crippen LogP contribution is -2.40. The van der Waals surface area contributed by atoms with E-state index in [9.17, 15) is 8.42 Å². The number of aromatic nitrogens is 1. The fourth-order valence-electron chi connectivity index (χ4n) is 0.972. The van der Waals surface area contributed by atoms with Gasteiger partial charge >= 0.3 is 0 Å². The molecule has 0 unspecified atom stereocenters. The standard InChI is InChI=1S/C8H11ClN2O4S/c9-8-3-7(1-2-10-8)16(14,15)11-6(4-12)5-13/h1-3,6,11-13H,4-5H2. The second-order valence-electron chi connectivity index (χ2n) is 3.00. The normalized spacial score (nSPS) is 12.0. The number of pyridine rings is 1. The third kappa shape index (κ3) is 3.39. The Morgan fingerprint density at radius 2 is 2.06 bits per heavy atom. The van der Waals surface area contributed by atoms with Crippen molar-refractivity contribution in [1.29, 1.82) is 0 Å². The summed E-state index contributed by atoms with van der Waals surface area (Å²) < 4.78 is 25.5. The maximum Gasteiger partial charge on any atom is 0.241 e. The Kier molecular flexibility index (Phi) is 4.63. The Morgan fingerprint density at radius 1 is 1.44 bits per heavy atom. The molecular weight excluding hydrogens is 256 g/mol. The van der Waals surface area contributed by atoms with Crippen molar-refractivity contribution in [2.75, 3.05) is 13.2 Å². The second-order valence-corrected chi connectivity index (χ2v) is 5.10. The van der Waals surface area contributed by atoms with E-state index in [0.29, 0.717) is 0 Å². The fourth-order valence-corrected chi connectivity index (χ4v) is 2.44. The molecule has 1 rings (SSSR count). The van der Waals surface area contributed by atoms with Gasteiger partial charge in [-0.3, -0.25) is 0 Å². The van der Waals surface area contributed by atoms with E-state index in [0.717, 1.165) is 0 Å². The van der Waals surface area contributed by atoms with Gasteiger partial charge in [0.15, 0.2) is 0 Å². The number of nitrogens with one attached hydrogen (secondary N) is 1. The number of hydrogen-bond donors (Lipinski definition) is 3. The highest BCUT2D eigenvalue weighted by atomic mass is 35.5. The van der Waals surface area contributed by atoms with Crippen LogP contribution in [-0.2, 0) is 10.0 Å². The van der Waals surface area contributed by atoms with Crippen molar-refractivity contribution in [1.82, 2.24) is 9.71 Å². The minimum atomic E-state index is -3.80. The van der Waals surface area contributed by atoms with Gasteiger partial charge in [0.25, 0.3) is 0 Å². The molecule has 0 bridgehead atoms. The van der Waals surface area contributed by atoms with Gasteiger partial charge < -0.3 is 10.2 Å². The van der Waals surface area contributed by atoms with Crippen molar-refractivity contribution in [3.63, 3.8) is 0 Å². The number of nitrogens with zero attached hydrogens (tertiary/aromatic N) is 1. The van der Waals surface area contributed by atoms with Crippen LogP contribution in [0.15, 0.2) is 23.2 Å². The maximum atomic E-state index is 11.7. The summed E-state index contributed by atoms with van der Waals surface area (Å²) >= 11 is 5.55. The molecule has 0 amide bonds. The van der Waals surface area contributed by atoms with Gasteiger partial charge in [0.1, 0.15) is 5.15 Å². The summed E-state index contributed by atoms with van der Waals surface area (Å²) in [4.78, 5) is 3.58. The van der Waals surface area contributed by atoms with E-state index in [1.807, 2.05) is 0 Å². The lowest BCUT2D eigenvalue weighted by atomic mass is 10.4. The molecule has 1 heterocycles. The Morgan fingerprint density at radius 3 is 2.56 bits per heavy atom. The van der Waals surface area contributed by atoms with Crippen LogP contribution in [-0.4, -0.2) is 42.9 Å². The average Bonchev–Trinajstić information content (AvgIpc) is 2.26. The summed E-state index contributed by atoms with van der Waals surface area (Å²) in [6.45, 7) is -0.983. The fraction of sp³-hybridized carbons (Fsp3) is 0.375. The van der Waals surface area contributed by atoms with E-state index in [2.05, 4.69) is 9.71 Å². The molecule has 0 saturated carbocycles. The molecule has 0 radical (unpaired) electrons. The molecule has 90 valence electrons. The van der Waals surface area contributed by atoms with Crippen molar-refractivity contribution in [3.8, 4) is 0 Å². The highest BCUT2D eigenvalue weighted by molar-refractivity contribution is 7.89. The van der Waals surface area contributed by atoms with Gasteiger partial charge in [-0.25, -0.2) is 18.1 Å². The first-order valence-electron chi connectivity index (χ1n) is 4.35. The summed E-state index contributed by atoms with van der Waals surface area (Å²) in [5.41, 5.74) is 0.